The SMILES string of the molecule is COc1cc(F)ccc1OCC(O)Cn1nc2ccc(-c3ccc(OC(F)(F)F)cc3)cn2c1=O. The van der Waals surface area contributed by atoms with Crippen molar-refractivity contribution in [3.8, 4) is 28.4 Å². The summed E-state index contributed by atoms with van der Waals surface area (Å²) in [7, 11) is 1.35. The molecule has 0 aliphatic carbocycles. The molecule has 0 saturated heterocycles. The zero-order valence-corrected chi connectivity index (χ0v) is 18.2. The number of methoxy groups -OCH3 is 1. The van der Waals surface area contributed by atoms with Crippen molar-refractivity contribution in [3.05, 3.63) is 77.1 Å². The van der Waals surface area contributed by atoms with Crippen LogP contribution in [0.5, 0.6) is 17.2 Å². The number of hydrogen-bond donors (Lipinski definition) is 1. The van der Waals surface area contributed by atoms with Crippen molar-refractivity contribution < 1.29 is 36.9 Å². The van der Waals surface area contributed by atoms with Crippen molar-refractivity contribution in [1.29, 1.82) is 0 Å². The number of benzene rings is 2. The first-order valence-electron chi connectivity index (χ1n) is 10.2. The number of hydrogen-bond acceptors (Lipinski definition) is 6. The molecule has 1 unspecified atom stereocenters. The Balaban J connectivity index is 1.47. The zero-order chi connectivity index (χ0) is 25.2. The molecule has 0 saturated carbocycles. The third-order valence-electron chi connectivity index (χ3n) is 4.94. The van der Waals surface area contributed by atoms with Crippen LogP contribution in [0.4, 0.5) is 17.6 Å². The number of pyridine rings is 1. The van der Waals surface area contributed by atoms with Gasteiger partial charge < -0.3 is 19.3 Å². The summed E-state index contributed by atoms with van der Waals surface area (Å²) in [6.45, 7) is -0.386. The highest BCUT2D eigenvalue weighted by Gasteiger charge is 2.31. The van der Waals surface area contributed by atoms with E-state index in [1.165, 1.54) is 54.1 Å². The van der Waals surface area contributed by atoms with Crippen LogP contribution < -0.4 is 19.9 Å². The van der Waals surface area contributed by atoms with Crippen LogP contribution >= 0.6 is 0 Å². The van der Waals surface area contributed by atoms with Gasteiger partial charge in [-0.3, -0.25) is 0 Å². The first-order chi connectivity index (χ1) is 16.6. The van der Waals surface area contributed by atoms with E-state index in [1.54, 1.807) is 12.1 Å². The van der Waals surface area contributed by atoms with Gasteiger partial charge in [-0.1, -0.05) is 12.1 Å². The Morgan fingerprint density at radius 2 is 1.74 bits per heavy atom. The highest BCUT2D eigenvalue weighted by atomic mass is 19.4. The lowest BCUT2D eigenvalue weighted by molar-refractivity contribution is -0.274. The molecule has 0 radical (unpaired) electrons. The number of alkyl halides is 3. The zero-order valence-electron chi connectivity index (χ0n) is 18.2. The summed E-state index contributed by atoms with van der Waals surface area (Å²) in [6.07, 6.45) is -4.41. The lowest BCUT2D eigenvalue weighted by atomic mass is 10.1. The van der Waals surface area contributed by atoms with E-state index in [0.717, 1.165) is 10.7 Å². The Morgan fingerprint density at radius 3 is 2.43 bits per heavy atom. The Hall–Kier alpha value is -4.06. The molecule has 12 heteroatoms. The molecule has 2 aromatic heterocycles. The van der Waals surface area contributed by atoms with Gasteiger partial charge in [0.25, 0.3) is 0 Å². The summed E-state index contributed by atoms with van der Waals surface area (Å²) in [4.78, 5) is 12.8. The van der Waals surface area contributed by atoms with Crippen molar-refractivity contribution in [2.24, 2.45) is 0 Å². The van der Waals surface area contributed by atoms with E-state index >= 15 is 0 Å². The molecule has 184 valence electrons. The molecule has 0 amide bonds. The summed E-state index contributed by atoms with van der Waals surface area (Å²) in [6, 6.07) is 12.1. The van der Waals surface area contributed by atoms with Gasteiger partial charge in [0, 0.05) is 12.3 Å². The number of aliphatic hydroxyl groups is 1. The molecule has 1 atom stereocenters. The first kappa shape index (κ1) is 24.1. The number of fused-ring (bicyclic) bond motifs is 1. The van der Waals surface area contributed by atoms with Gasteiger partial charge in [0.05, 0.1) is 13.7 Å². The largest absolute Gasteiger partial charge is 0.573 e. The molecular formula is C23H19F4N3O5. The van der Waals surface area contributed by atoms with E-state index in [9.17, 15) is 27.5 Å². The van der Waals surface area contributed by atoms with Gasteiger partial charge >= 0.3 is 12.1 Å². The minimum absolute atomic E-state index is 0.160. The fraction of sp³-hybridized carbons (Fsp3) is 0.217. The molecule has 2 heterocycles. The van der Waals surface area contributed by atoms with Crippen molar-refractivity contribution in [1.82, 2.24) is 14.2 Å². The molecule has 2 aromatic carbocycles. The van der Waals surface area contributed by atoms with Gasteiger partial charge in [-0.25, -0.2) is 18.3 Å². The van der Waals surface area contributed by atoms with Gasteiger partial charge in [0.15, 0.2) is 17.1 Å². The fourth-order valence-corrected chi connectivity index (χ4v) is 3.36. The Labute approximate surface area is 195 Å². The van der Waals surface area contributed by atoms with Crippen LogP contribution in [-0.4, -0.2) is 45.5 Å². The minimum Gasteiger partial charge on any atom is -0.493 e. The second kappa shape index (κ2) is 9.66. The van der Waals surface area contributed by atoms with Crippen molar-refractivity contribution >= 4 is 5.65 Å². The standard InChI is InChI=1S/C23H19F4N3O5/c1-33-20-10-16(24)5-8-19(20)34-13-17(31)12-30-22(32)29-11-15(4-9-21(29)28-30)14-2-6-18(7-3-14)35-23(25,26)27/h2-11,17,31H,12-13H2,1H3. The Kier molecular flexibility index (Phi) is 6.65. The molecule has 0 aliphatic heterocycles. The highest BCUT2D eigenvalue weighted by Crippen LogP contribution is 2.28. The van der Waals surface area contributed by atoms with E-state index in [0.29, 0.717) is 16.8 Å². The van der Waals surface area contributed by atoms with Crippen molar-refractivity contribution in [2.45, 2.75) is 19.0 Å². The summed E-state index contributed by atoms with van der Waals surface area (Å²) in [5.41, 5.74) is 0.897. The fourth-order valence-electron chi connectivity index (χ4n) is 3.36. The van der Waals surface area contributed by atoms with Crippen LogP contribution in [0.15, 0.2) is 65.6 Å². The maximum atomic E-state index is 13.3. The minimum atomic E-state index is -4.79. The maximum absolute atomic E-state index is 13.3. The second-order valence-corrected chi connectivity index (χ2v) is 7.44. The molecule has 0 aliphatic rings. The normalized spacial score (nSPS) is 12.5. The number of halogens is 4. The van der Waals surface area contributed by atoms with Gasteiger partial charge in [-0.15, -0.1) is 18.3 Å². The van der Waals surface area contributed by atoms with Crippen LogP contribution in [0.2, 0.25) is 0 Å². The van der Waals surface area contributed by atoms with Crippen molar-refractivity contribution in [2.75, 3.05) is 13.7 Å². The molecule has 8 nitrogen and oxygen atoms in total. The van der Waals surface area contributed by atoms with E-state index in [-0.39, 0.29) is 30.4 Å². The average Bonchev–Trinajstić information content (AvgIpc) is 3.12. The molecule has 4 rings (SSSR count). The van der Waals surface area contributed by atoms with Crippen molar-refractivity contribution in [3.63, 3.8) is 0 Å². The van der Waals surface area contributed by atoms with E-state index in [1.807, 2.05) is 0 Å². The number of rotatable bonds is 8. The van der Waals surface area contributed by atoms with Gasteiger partial charge in [-0.2, -0.15) is 0 Å². The van der Waals surface area contributed by atoms with Crippen LogP contribution in [0.25, 0.3) is 16.8 Å². The molecule has 4 aromatic rings. The third kappa shape index (κ3) is 5.72. The lowest BCUT2D eigenvalue weighted by Crippen LogP contribution is -2.30. The molecule has 0 fully saturated rings. The predicted molar refractivity (Wildman–Crippen MR) is 116 cm³/mol. The topological polar surface area (TPSA) is 87.2 Å². The average molecular weight is 493 g/mol. The van der Waals surface area contributed by atoms with Gasteiger partial charge in [-0.05, 0) is 47.5 Å². The molecule has 35 heavy (non-hydrogen) atoms. The first-order valence-corrected chi connectivity index (χ1v) is 10.2. The molecular weight excluding hydrogens is 474 g/mol. The number of aliphatic hydroxyl groups excluding tert-OH is 1. The molecule has 0 bridgehead atoms. The quantitative estimate of drug-likeness (QED) is 0.377. The Morgan fingerprint density at radius 1 is 1.03 bits per heavy atom. The Bertz CT molecular complexity index is 1380. The van der Waals surface area contributed by atoms with E-state index < -0.39 is 24.0 Å². The van der Waals surface area contributed by atoms with Crippen LogP contribution in [-0.2, 0) is 6.54 Å². The lowest BCUT2D eigenvalue weighted by Gasteiger charge is -2.14. The maximum Gasteiger partial charge on any atom is 0.573 e. The second-order valence-electron chi connectivity index (χ2n) is 7.44. The van der Waals surface area contributed by atoms with Gasteiger partial charge in [0.1, 0.15) is 24.3 Å². The van der Waals surface area contributed by atoms with Gasteiger partial charge in [0.2, 0.25) is 0 Å². The van der Waals surface area contributed by atoms with Crippen LogP contribution in [0.3, 0.4) is 0 Å². The van der Waals surface area contributed by atoms with Crippen LogP contribution in [0.1, 0.15) is 0 Å². The highest BCUT2D eigenvalue weighted by molar-refractivity contribution is 5.65. The predicted octanol–water partition coefficient (Wildman–Crippen LogP) is 3.65. The number of ether oxygens (including phenoxy) is 3. The summed E-state index contributed by atoms with van der Waals surface area (Å²) in [5.74, 6) is -0.475. The summed E-state index contributed by atoms with van der Waals surface area (Å²) >= 11 is 0. The molecule has 0 spiro atoms. The monoisotopic (exact) mass is 493 g/mol. The third-order valence-corrected chi connectivity index (χ3v) is 4.94. The van der Waals surface area contributed by atoms with E-state index in [4.69, 9.17) is 9.47 Å². The number of aromatic nitrogens is 3. The smallest absolute Gasteiger partial charge is 0.493 e. The summed E-state index contributed by atoms with van der Waals surface area (Å²) in [5, 5.41) is 14.5. The summed E-state index contributed by atoms with van der Waals surface area (Å²) < 4.78 is 67.0. The van der Waals surface area contributed by atoms with Crippen LogP contribution in [0, 0.1) is 5.82 Å². The molecule has 1 N–H and O–H groups in total. The number of nitrogens with zero attached hydrogens (tertiary/aromatic N) is 3. The van der Waals surface area contributed by atoms with E-state index in [2.05, 4.69) is 9.84 Å².